The largest absolute Gasteiger partial charge is 0.508 e. The summed E-state index contributed by atoms with van der Waals surface area (Å²) in [6.07, 6.45) is 2.90. The van der Waals surface area contributed by atoms with Crippen LogP contribution in [-0.4, -0.2) is 31.6 Å². The number of phenols is 1. The number of fused-ring (bicyclic) bond motifs is 1. The molecule has 0 aliphatic carbocycles. The third kappa shape index (κ3) is 1.76. The molecule has 3 rings (SSSR count). The summed E-state index contributed by atoms with van der Waals surface area (Å²) in [4.78, 5) is 0. The highest BCUT2D eigenvalue weighted by atomic mass is 16.3. The van der Waals surface area contributed by atoms with Gasteiger partial charge >= 0.3 is 0 Å². The molecule has 1 aromatic carbocycles. The molecule has 1 atom stereocenters. The molecule has 2 N–H and O–H groups in total. The number of aliphatic hydroxyl groups excluding tert-OH is 1. The van der Waals surface area contributed by atoms with E-state index >= 15 is 0 Å². The van der Waals surface area contributed by atoms with Crippen LogP contribution in [0.5, 0.6) is 5.75 Å². The maximum Gasteiger partial charge on any atom is 0.164 e. The molecular formula is C13H15N3O2. The summed E-state index contributed by atoms with van der Waals surface area (Å²) in [5.74, 6) is 1.93. The molecule has 0 saturated carbocycles. The Morgan fingerprint density at radius 3 is 2.72 bits per heavy atom. The van der Waals surface area contributed by atoms with E-state index < -0.39 is 0 Å². The fourth-order valence-electron chi connectivity index (χ4n) is 2.48. The highest BCUT2D eigenvalue weighted by Gasteiger charge is 2.24. The first-order valence-corrected chi connectivity index (χ1v) is 6.13. The van der Waals surface area contributed by atoms with Gasteiger partial charge in [-0.15, -0.1) is 10.2 Å². The molecule has 1 aliphatic rings. The first-order chi connectivity index (χ1) is 8.79. The van der Waals surface area contributed by atoms with Crippen molar-refractivity contribution in [3.05, 3.63) is 30.1 Å². The van der Waals surface area contributed by atoms with Gasteiger partial charge in [-0.3, -0.25) is 0 Å². The smallest absolute Gasteiger partial charge is 0.164 e. The van der Waals surface area contributed by atoms with Gasteiger partial charge in [-0.1, -0.05) is 0 Å². The summed E-state index contributed by atoms with van der Waals surface area (Å²) >= 11 is 0. The van der Waals surface area contributed by atoms with Crippen molar-refractivity contribution in [2.45, 2.75) is 25.3 Å². The zero-order chi connectivity index (χ0) is 12.5. The van der Waals surface area contributed by atoms with Crippen LogP contribution in [0.15, 0.2) is 24.3 Å². The average molecular weight is 245 g/mol. The topological polar surface area (TPSA) is 71.2 Å². The van der Waals surface area contributed by atoms with Gasteiger partial charge in [0.25, 0.3) is 0 Å². The van der Waals surface area contributed by atoms with Crippen LogP contribution < -0.4 is 0 Å². The van der Waals surface area contributed by atoms with Crippen LogP contribution in [0.3, 0.4) is 0 Å². The van der Waals surface area contributed by atoms with Crippen molar-refractivity contribution >= 4 is 0 Å². The van der Waals surface area contributed by atoms with Crippen LogP contribution in [0.1, 0.15) is 24.7 Å². The lowest BCUT2D eigenvalue weighted by Crippen LogP contribution is -2.21. The molecule has 0 bridgehead atoms. The summed E-state index contributed by atoms with van der Waals surface area (Å²) in [6, 6.07) is 6.96. The van der Waals surface area contributed by atoms with Crippen LogP contribution >= 0.6 is 0 Å². The Hall–Kier alpha value is -1.88. The van der Waals surface area contributed by atoms with Crippen molar-refractivity contribution in [2.24, 2.45) is 0 Å². The molecule has 2 heterocycles. The predicted molar refractivity (Wildman–Crippen MR) is 66.2 cm³/mol. The van der Waals surface area contributed by atoms with Gasteiger partial charge in [0.2, 0.25) is 0 Å². The minimum atomic E-state index is 0.0625. The van der Waals surface area contributed by atoms with Crippen molar-refractivity contribution in [2.75, 3.05) is 6.61 Å². The molecule has 2 aromatic rings. The number of benzene rings is 1. The van der Waals surface area contributed by atoms with Crippen molar-refractivity contribution in [1.82, 2.24) is 14.8 Å². The molecular weight excluding hydrogens is 230 g/mol. The molecule has 5 heteroatoms. The molecule has 18 heavy (non-hydrogen) atoms. The highest BCUT2D eigenvalue weighted by molar-refractivity contribution is 5.56. The zero-order valence-corrected chi connectivity index (χ0v) is 9.95. The van der Waals surface area contributed by atoms with Crippen LogP contribution in [0.2, 0.25) is 0 Å². The molecule has 0 amide bonds. The molecule has 0 saturated heterocycles. The Morgan fingerprint density at radius 2 is 2.00 bits per heavy atom. The van der Waals surface area contributed by atoms with E-state index in [-0.39, 0.29) is 18.4 Å². The Kier molecular flexibility index (Phi) is 2.76. The molecule has 94 valence electrons. The van der Waals surface area contributed by atoms with Crippen LogP contribution in [0.25, 0.3) is 11.4 Å². The summed E-state index contributed by atoms with van der Waals surface area (Å²) in [6.45, 7) is 0.107. The number of aliphatic hydroxyl groups is 1. The van der Waals surface area contributed by atoms with Crippen molar-refractivity contribution in [1.29, 1.82) is 0 Å². The second-order valence-electron chi connectivity index (χ2n) is 4.59. The van der Waals surface area contributed by atoms with E-state index in [2.05, 4.69) is 10.2 Å². The van der Waals surface area contributed by atoms with Gasteiger partial charge < -0.3 is 14.8 Å². The van der Waals surface area contributed by atoms with E-state index in [0.29, 0.717) is 0 Å². The second-order valence-corrected chi connectivity index (χ2v) is 4.59. The quantitative estimate of drug-likeness (QED) is 0.841. The van der Waals surface area contributed by atoms with Crippen LogP contribution in [-0.2, 0) is 6.42 Å². The van der Waals surface area contributed by atoms with Gasteiger partial charge in [0.1, 0.15) is 11.6 Å². The normalized spacial score (nSPS) is 18.6. The molecule has 1 aromatic heterocycles. The fourth-order valence-corrected chi connectivity index (χ4v) is 2.48. The number of aromatic nitrogens is 3. The number of rotatable bonds is 2. The SMILES string of the molecule is OCC1CCCc2nnc(-c3ccc(O)cc3)n21. The number of nitrogens with zero attached hydrogens (tertiary/aromatic N) is 3. The molecule has 0 radical (unpaired) electrons. The highest BCUT2D eigenvalue weighted by Crippen LogP contribution is 2.30. The summed E-state index contributed by atoms with van der Waals surface area (Å²) in [5, 5.41) is 27.2. The fraction of sp³-hybridized carbons (Fsp3) is 0.385. The third-order valence-corrected chi connectivity index (χ3v) is 3.41. The summed E-state index contributed by atoms with van der Waals surface area (Å²) < 4.78 is 2.02. The second kappa shape index (κ2) is 4.42. The maximum atomic E-state index is 9.46. The molecule has 1 aliphatic heterocycles. The van der Waals surface area contributed by atoms with E-state index in [1.54, 1.807) is 12.1 Å². The Labute approximate surface area is 105 Å². The lowest BCUT2D eigenvalue weighted by Gasteiger charge is -2.24. The Bertz CT molecular complexity index is 548. The predicted octanol–water partition coefficient (Wildman–Crippen LogP) is 1.52. The van der Waals surface area contributed by atoms with Crippen molar-refractivity contribution in [3.63, 3.8) is 0 Å². The van der Waals surface area contributed by atoms with E-state index in [1.807, 2.05) is 16.7 Å². The number of hydrogen-bond acceptors (Lipinski definition) is 4. The van der Waals surface area contributed by atoms with Gasteiger partial charge in [0, 0.05) is 12.0 Å². The lowest BCUT2D eigenvalue weighted by atomic mass is 10.0. The number of aromatic hydroxyl groups is 1. The maximum absolute atomic E-state index is 9.46. The van der Waals surface area contributed by atoms with Gasteiger partial charge in [0.15, 0.2) is 5.82 Å². The molecule has 1 unspecified atom stereocenters. The van der Waals surface area contributed by atoms with Crippen LogP contribution in [0, 0.1) is 0 Å². The summed E-state index contributed by atoms with van der Waals surface area (Å²) in [5.41, 5.74) is 0.909. The van der Waals surface area contributed by atoms with E-state index in [4.69, 9.17) is 0 Å². The standard InChI is InChI=1S/C13H15N3O2/c17-8-10-2-1-3-12-14-15-13(16(10)12)9-4-6-11(18)7-5-9/h4-7,10,17-18H,1-3,8H2. The first-order valence-electron chi connectivity index (χ1n) is 6.13. The molecule has 5 nitrogen and oxygen atoms in total. The van der Waals surface area contributed by atoms with Crippen molar-refractivity contribution in [3.8, 4) is 17.1 Å². The molecule has 0 fully saturated rings. The van der Waals surface area contributed by atoms with Gasteiger partial charge in [-0.25, -0.2) is 0 Å². The minimum Gasteiger partial charge on any atom is -0.508 e. The number of aryl methyl sites for hydroxylation is 1. The van der Waals surface area contributed by atoms with Crippen LogP contribution in [0.4, 0.5) is 0 Å². The van der Waals surface area contributed by atoms with Crippen molar-refractivity contribution < 1.29 is 10.2 Å². The lowest BCUT2D eigenvalue weighted by molar-refractivity contribution is 0.207. The van der Waals surface area contributed by atoms with Gasteiger partial charge in [-0.2, -0.15) is 0 Å². The Balaban J connectivity index is 2.08. The molecule has 0 spiro atoms. The number of hydrogen-bond donors (Lipinski definition) is 2. The number of phenolic OH excluding ortho intramolecular Hbond substituents is 1. The average Bonchev–Trinajstić information content (AvgIpc) is 2.83. The Morgan fingerprint density at radius 1 is 1.22 bits per heavy atom. The van der Waals surface area contributed by atoms with E-state index in [9.17, 15) is 10.2 Å². The van der Waals surface area contributed by atoms with Gasteiger partial charge in [-0.05, 0) is 37.1 Å². The first kappa shape index (κ1) is 11.2. The van der Waals surface area contributed by atoms with E-state index in [1.165, 1.54) is 0 Å². The van der Waals surface area contributed by atoms with E-state index in [0.717, 1.165) is 36.5 Å². The third-order valence-electron chi connectivity index (χ3n) is 3.41. The zero-order valence-electron chi connectivity index (χ0n) is 9.95. The summed E-state index contributed by atoms with van der Waals surface area (Å²) in [7, 11) is 0. The minimum absolute atomic E-state index is 0.0625. The monoisotopic (exact) mass is 245 g/mol. The van der Waals surface area contributed by atoms with Gasteiger partial charge in [0.05, 0.1) is 12.6 Å².